The van der Waals surface area contributed by atoms with Gasteiger partial charge in [0.2, 0.25) is 0 Å². The summed E-state index contributed by atoms with van der Waals surface area (Å²) >= 11 is 5.91. The van der Waals surface area contributed by atoms with Crippen molar-refractivity contribution in [3.8, 4) is 11.5 Å². The smallest absolute Gasteiger partial charge is 0.258 e. The predicted molar refractivity (Wildman–Crippen MR) is 97.0 cm³/mol. The van der Waals surface area contributed by atoms with Crippen LogP contribution in [0.1, 0.15) is 40.4 Å². The average Bonchev–Trinajstić information content (AvgIpc) is 3.08. The monoisotopic (exact) mass is 360 g/mol. The van der Waals surface area contributed by atoms with Crippen LogP contribution in [0.5, 0.6) is 11.5 Å². The van der Waals surface area contributed by atoms with Crippen molar-refractivity contribution in [3.63, 3.8) is 0 Å². The number of hydrogen-bond acceptors (Lipinski definition) is 4. The van der Waals surface area contributed by atoms with E-state index in [1.807, 2.05) is 25.2 Å². The molecule has 1 fully saturated rings. The van der Waals surface area contributed by atoms with E-state index in [0.29, 0.717) is 6.54 Å². The Morgan fingerprint density at radius 2 is 2.08 bits per heavy atom. The third-order valence-corrected chi connectivity index (χ3v) is 4.83. The maximum absolute atomic E-state index is 12.9. The zero-order valence-corrected chi connectivity index (χ0v) is 14.8. The highest BCUT2D eigenvalue weighted by Gasteiger charge is 2.32. The number of rotatable bonds is 4. The lowest BCUT2D eigenvalue weighted by atomic mass is 10.0. The molecule has 25 heavy (non-hydrogen) atoms. The van der Waals surface area contributed by atoms with Crippen molar-refractivity contribution in [1.82, 2.24) is 10.2 Å². The van der Waals surface area contributed by atoms with Gasteiger partial charge in [-0.05, 0) is 37.1 Å². The molecular formula is C19H21ClN2O3. The second-order valence-electron chi connectivity index (χ2n) is 6.25. The molecule has 0 bridgehead atoms. The minimum atomic E-state index is -0.277. The summed E-state index contributed by atoms with van der Waals surface area (Å²) in [6, 6.07) is 10.6. The number of likely N-dealkylation sites (tertiary alicyclic amines) is 1. The molecule has 6 heteroatoms. The first kappa shape index (κ1) is 17.6. The molecule has 1 heterocycles. The maximum Gasteiger partial charge on any atom is 0.258 e. The van der Waals surface area contributed by atoms with E-state index in [9.17, 15) is 15.0 Å². The highest BCUT2D eigenvalue weighted by atomic mass is 35.5. The van der Waals surface area contributed by atoms with Gasteiger partial charge in [-0.15, -0.1) is 0 Å². The van der Waals surface area contributed by atoms with E-state index in [1.54, 1.807) is 4.90 Å². The van der Waals surface area contributed by atoms with Crippen LogP contribution in [-0.4, -0.2) is 34.6 Å². The van der Waals surface area contributed by atoms with Crippen molar-refractivity contribution in [2.75, 3.05) is 13.6 Å². The summed E-state index contributed by atoms with van der Waals surface area (Å²) in [7, 11) is 1.90. The number of aromatic hydroxyl groups is 2. The van der Waals surface area contributed by atoms with Gasteiger partial charge in [-0.3, -0.25) is 4.79 Å². The van der Waals surface area contributed by atoms with E-state index in [0.717, 1.165) is 36.6 Å². The van der Waals surface area contributed by atoms with Crippen LogP contribution in [0.4, 0.5) is 0 Å². The molecule has 3 N–H and O–H groups in total. The molecule has 1 saturated heterocycles. The Hall–Kier alpha value is -2.24. The first-order valence-electron chi connectivity index (χ1n) is 8.27. The highest BCUT2D eigenvalue weighted by Crippen LogP contribution is 2.37. The van der Waals surface area contributed by atoms with Crippen molar-refractivity contribution in [2.45, 2.75) is 25.4 Å². The fourth-order valence-corrected chi connectivity index (χ4v) is 3.51. The van der Waals surface area contributed by atoms with Crippen molar-refractivity contribution < 1.29 is 15.0 Å². The third kappa shape index (κ3) is 3.57. The van der Waals surface area contributed by atoms with Gasteiger partial charge in [0.1, 0.15) is 11.5 Å². The molecule has 132 valence electrons. The number of amides is 1. The number of nitrogens with one attached hydrogen (secondary N) is 1. The zero-order valence-electron chi connectivity index (χ0n) is 14.0. The lowest BCUT2D eigenvalue weighted by Gasteiger charge is -2.26. The Balaban J connectivity index is 1.90. The Morgan fingerprint density at radius 1 is 1.28 bits per heavy atom. The maximum atomic E-state index is 12.9. The molecular weight excluding hydrogens is 340 g/mol. The van der Waals surface area contributed by atoms with E-state index in [1.165, 1.54) is 6.07 Å². The number of hydrogen-bond donors (Lipinski definition) is 3. The quantitative estimate of drug-likeness (QED) is 0.780. The minimum Gasteiger partial charge on any atom is -0.507 e. The number of phenols is 2. The van der Waals surface area contributed by atoms with Gasteiger partial charge in [-0.1, -0.05) is 35.9 Å². The van der Waals surface area contributed by atoms with Crippen LogP contribution < -0.4 is 5.32 Å². The van der Waals surface area contributed by atoms with Gasteiger partial charge >= 0.3 is 0 Å². The predicted octanol–water partition coefficient (Wildman–Crippen LogP) is 3.45. The minimum absolute atomic E-state index is 0.0312. The fraction of sp³-hybridized carbons (Fsp3) is 0.316. The largest absolute Gasteiger partial charge is 0.507 e. The topological polar surface area (TPSA) is 72.8 Å². The summed E-state index contributed by atoms with van der Waals surface area (Å²) in [5.74, 6) is -0.782. The molecule has 0 saturated carbocycles. The Kier molecular flexibility index (Phi) is 5.16. The Labute approximate surface area is 151 Å². The van der Waals surface area contributed by atoms with Crippen LogP contribution in [0.2, 0.25) is 5.02 Å². The molecule has 1 atom stereocenters. The van der Waals surface area contributed by atoms with Crippen LogP contribution in [-0.2, 0) is 6.54 Å². The van der Waals surface area contributed by atoms with E-state index in [-0.39, 0.29) is 34.0 Å². The molecule has 1 aliphatic rings. The summed E-state index contributed by atoms with van der Waals surface area (Å²) in [6.07, 6.45) is 1.78. The summed E-state index contributed by atoms with van der Waals surface area (Å²) < 4.78 is 0. The SMILES string of the molecule is CNCc1cccc(C2CCCN2C(=O)c2cc(Cl)c(O)cc2O)c1. The van der Waals surface area contributed by atoms with Crippen molar-refractivity contribution in [2.24, 2.45) is 0 Å². The molecule has 1 aliphatic heterocycles. The summed E-state index contributed by atoms with van der Waals surface area (Å²) in [5, 5.41) is 22.8. The average molecular weight is 361 g/mol. The van der Waals surface area contributed by atoms with Crippen LogP contribution in [0.25, 0.3) is 0 Å². The van der Waals surface area contributed by atoms with Gasteiger partial charge in [-0.25, -0.2) is 0 Å². The molecule has 1 amide bonds. The molecule has 2 aromatic carbocycles. The third-order valence-electron chi connectivity index (χ3n) is 4.53. The molecule has 2 aromatic rings. The van der Waals surface area contributed by atoms with Crippen molar-refractivity contribution in [1.29, 1.82) is 0 Å². The second-order valence-corrected chi connectivity index (χ2v) is 6.66. The first-order chi connectivity index (χ1) is 12.0. The number of nitrogens with zero attached hydrogens (tertiary/aromatic N) is 1. The lowest BCUT2D eigenvalue weighted by molar-refractivity contribution is 0.0732. The Bertz CT molecular complexity index is 794. The van der Waals surface area contributed by atoms with Gasteiger partial charge in [0, 0.05) is 19.2 Å². The van der Waals surface area contributed by atoms with E-state index >= 15 is 0 Å². The van der Waals surface area contributed by atoms with Crippen LogP contribution in [0, 0.1) is 0 Å². The first-order valence-corrected chi connectivity index (χ1v) is 8.65. The second kappa shape index (κ2) is 7.33. The van der Waals surface area contributed by atoms with Gasteiger partial charge < -0.3 is 20.4 Å². The number of benzene rings is 2. The molecule has 0 aliphatic carbocycles. The van der Waals surface area contributed by atoms with Gasteiger partial charge in [0.25, 0.3) is 5.91 Å². The summed E-state index contributed by atoms with van der Waals surface area (Å²) in [4.78, 5) is 14.7. The normalized spacial score (nSPS) is 17.0. The number of carbonyl (C=O) groups excluding carboxylic acids is 1. The van der Waals surface area contributed by atoms with Gasteiger partial charge in [0.05, 0.1) is 16.6 Å². The molecule has 1 unspecified atom stereocenters. The fourth-order valence-electron chi connectivity index (χ4n) is 3.35. The number of halogens is 1. The molecule has 3 rings (SSSR count). The van der Waals surface area contributed by atoms with E-state index in [2.05, 4.69) is 11.4 Å². The van der Waals surface area contributed by atoms with Crippen molar-refractivity contribution >= 4 is 17.5 Å². The van der Waals surface area contributed by atoms with Crippen molar-refractivity contribution in [3.05, 3.63) is 58.1 Å². The number of phenolic OH excluding ortho intramolecular Hbond substituents is 2. The van der Waals surface area contributed by atoms with Gasteiger partial charge in [-0.2, -0.15) is 0 Å². The van der Waals surface area contributed by atoms with E-state index < -0.39 is 0 Å². The molecule has 0 spiro atoms. The Morgan fingerprint density at radius 3 is 2.84 bits per heavy atom. The summed E-state index contributed by atoms with van der Waals surface area (Å²) in [5.41, 5.74) is 2.36. The highest BCUT2D eigenvalue weighted by molar-refractivity contribution is 6.32. The zero-order chi connectivity index (χ0) is 18.0. The molecule has 0 aromatic heterocycles. The van der Waals surface area contributed by atoms with Gasteiger partial charge in [0.15, 0.2) is 0 Å². The standard InChI is InChI=1S/C19H21ClN2O3/c1-21-11-12-4-2-5-13(8-12)16-6-3-7-22(16)19(25)14-9-15(20)18(24)10-17(14)23/h2,4-5,8-10,16,21,23-24H,3,6-7,11H2,1H3. The van der Waals surface area contributed by atoms with Crippen LogP contribution in [0.15, 0.2) is 36.4 Å². The van der Waals surface area contributed by atoms with Crippen LogP contribution in [0.3, 0.4) is 0 Å². The van der Waals surface area contributed by atoms with Crippen LogP contribution >= 0.6 is 11.6 Å². The molecule has 5 nitrogen and oxygen atoms in total. The number of carbonyl (C=O) groups is 1. The summed E-state index contributed by atoms with van der Waals surface area (Å²) in [6.45, 7) is 1.39. The van der Waals surface area contributed by atoms with E-state index in [4.69, 9.17) is 11.6 Å². The lowest BCUT2D eigenvalue weighted by Crippen LogP contribution is -2.30. The molecule has 0 radical (unpaired) electrons.